The molecule has 2 N–H and O–H groups in total. The number of ether oxygens (including phenoxy) is 2. The van der Waals surface area contributed by atoms with Crippen molar-refractivity contribution < 1.29 is 9.47 Å². The lowest BCUT2D eigenvalue weighted by Crippen LogP contribution is -2.20. The van der Waals surface area contributed by atoms with Crippen LogP contribution in [0, 0.1) is 6.92 Å². The van der Waals surface area contributed by atoms with Gasteiger partial charge in [-0.2, -0.15) is 0 Å². The summed E-state index contributed by atoms with van der Waals surface area (Å²) in [4.78, 5) is 0. The number of anilines is 1. The number of aryl methyl sites for hydroxylation is 1. The average molecular weight is 348 g/mol. The van der Waals surface area contributed by atoms with Gasteiger partial charge in [-0.05, 0) is 48.9 Å². The lowest BCUT2D eigenvalue weighted by molar-refractivity contribution is 0.296. The molecule has 0 amide bonds. The van der Waals surface area contributed by atoms with Gasteiger partial charge in [0.25, 0.3) is 0 Å². The van der Waals surface area contributed by atoms with E-state index in [9.17, 15) is 0 Å². The highest BCUT2D eigenvalue weighted by Crippen LogP contribution is 2.22. The van der Waals surface area contributed by atoms with Crippen LogP contribution in [0.15, 0.2) is 72.8 Å². The summed E-state index contributed by atoms with van der Waals surface area (Å²) in [6.45, 7) is 3.22. The molecule has 0 aliphatic rings. The maximum Gasteiger partial charge on any atom is 0.125 e. The van der Waals surface area contributed by atoms with E-state index in [0.29, 0.717) is 13.2 Å². The van der Waals surface area contributed by atoms with Gasteiger partial charge in [0.15, 0.2) is 0 Å². The minimum Gasteiger partial charge on any atom is -0.496 e. The van der Waals surface area contributed by atoms with Crippen molar-refractivity contribution >= 4 is 5.69 Å². The van der Waals surface area contributed by atoms with E-state index in [1.807, 2.05) is 66.7 Å². The molecular weight excluding hydrogens is 324 g/mol. The van der Waals surface area contributed by atoms with Crippen LogP contribution in [0.25, 0.3) is 0 Å². The first kappa shape index (κ1) is 17.8. The molecule has 0 bridgehead atoms. The highest BCUT2D eigenvalue weighted by atomic mass is 16.5. The Morgan fingerprint density at radius 3 is 2.38 bits per heavy atom. The number of nitrogens with one attached hydrogen (secondary N) is 2. The number of benzene rings is 3. The Hall–Kier alpha value is -2.98. The molecule has 0 saturated carbocycles. The van der Waals surface area contributed by atoms with Crippen LogP contribution in [-0.4, -0.2) is 7.11 Å². The molecule has 0 saturated heterocycles. The lowest BCUT2D eigenvalue weighted by atomic mass is 10.1. The summed E-state index contributed by atoms with van der Waals surface area (Å²) in [5.74, 6) is 1.68. The number of para-hydroxylation sites is 1. The van der Waals surface area contributed by atoms with Crippen molar-refractivity contribution in [3.05, 3.63) is 89.5 Å². The molecule has 3 rings (SSSR count). The first-order valence-electron chi connectivity index (χ1n) is 8.64. The normalized spacial score (nSPS) is 10.4. The van der Waals surface area contributed by atoms with E-state index in [0.717, 1.165) is 28.3 Å². The molecule has 134 valence electrons. The third-order valence-electron chi connectivity index (χ3n) is 4.06. The third kappa shape index (κ3) is 5.01. The summed E-state index contributed by atoms with van der Waals surface area (Å²) in [6, 6.07) is 24.2. The molecule has 0 spiro atoms. The molecule has 0 heterocycles. The van der Waals surface area contributed by atoms with Crippen LogP contribution in [-0.2, 0) is 13.2 Å². The van der Waals surface area contributed by atoms with E-state index in [-0.39, 0.29) is 0 Å². The van der Waals surface area contributed by atoms with E-state index in [2.05, 4.69) is 23.8 Å². The van der Waals surface area contributed by atoms with Crippen LogP contribution in [0.2, 0.25) is 0 Å². The minimum absolute atomic E-state index is 0.464. The quantitative estimate of drug-likeness (QED) is 0.579. The van der Waals surface area contributed by atoms with Gasteiger partial charge in [-0.15, -0.1) is 0 Å². The summed E-state index contributed by atoms with van der Waals surface area (Å²) in [5, 5.41) is 0. The van der Waals surface area contributed by atoms with Crippen LogP contribution in [0.3, 0.4) is 0 Å². The van der Waals surface area contributed by atoms with E-state index in [1.54, 1.807) is 7.11 Å². The molecule has 3 aromatic rings. The van der Waals surface area contributed by atoms with E-state index < -0.39 is 0 Å². The highest BCUT2D eigenvalue weighted by molar-refractivity contribution is 5.42. The smallest absolute Gasteiger partial charge is 0.125 e. The summed E-state index contributed by atoms with van der Waals surface area (Å²) in [5.41, 5.74) is 10.8. The Kier molecular flexibility index (Phi) is 6.12. The largest absolute Gasteiger partial charge is 0.496 e. The monoisotopic (exact) mass is 348 g/mol. The predicted octanol–water partition coefficient (Wildman–Crippen LogP) is 4.70. The zero-order chi connectivity index (χ0) is 18.2. The topological polar surface area (TPSA) is 42.5 Å². The van der Waals surface area contributed by atoms with Gasteiger partial charge in [-0.1, -0.05) is 42.0 Å². The number of hydrogen-bond acceptors (Lipinski definition) is 4. The second kappa shape index (κ2) is 8.92. The Bertz CT molecular complexity index is 817. The second-order valence-electron chi connectivity index (χ2n) is 6.09. The zero-order valence-electron chi connectivity index (χ0n) is 15.2. The van der Waals surface area contributed by atoms with Crippen molar-refractivity contribution in [1.29, 1.82) is 0 Å². The van der Waals surface area contributed by atoms with Gasteiger partial charge in [0.2, 0.25) is 0 Å². The van der Waals surface area contributed by atoms with Gasteiger partial charge in [0.1, 0.15) is 18.1 Å². The van der Waals surface area contributed by atoms with Gasteiger partial charge in [0.05, 0.1) is 7.11 Å². The van der Waals surface area contributed by atoms with Gasteiger partial charge in [-0.3, -0.25) is 0 Å². The van der Waals surface area contributed by atoms with Gasteiger partial charge in [-0.25, -0.2) is 5.43 Å². The third-order valence-corrected chi connectivity index (χ3v) is 4.06. The molecular formula is C22H24N2O2. The van der Waals surface area contributed by atoms with Gasteiger partial charge in [0, 0.05) is 17.8 Å². The van der Waals surface area contributed by atoms with Crippen molar-refractivity contribution in [2.45, 2.75) is 20.1 Å². The Morgan fingerprint density at radius 2 is 1.65 bits per heavy atom. The van der Waals surface area contributed by atoms with Gasteiger partial charge < -0.3 is 14.9 Å². The molecule has 0 atom stereocenters. The van der Waals surface area contributed by atoms with Crippen LogP contribution < -0.4 is 20.3 Å². The van der Waals surface area contributed by atoms with Crippen LogP contribution in [0.5, 0.6) is 11.5 Å². The Labute approximate surface area is 154 Å². The SMILES string of the molecule is COc1ccc(CNNc2ccccc2)cc1COc1ccc(C)cc1. The summed E-state index contributed by atoms with van der Waals surface area (Å²) in [7, 11) is 1.68. The minimum atomic E-state index is 0.464. The number of methoxy groups -OCH3 is 1. The fraction of sp³-hybridized carbons (Fsp3) is 0.182. The van der Waals surface area contributed by atoms with Crippen LogP contribution in [0.1, 0.15) is 16.7 Å². The molecule has 4 nitrogen and oxygen atoms in total. The number of hydrazine groups is 1. The van der Waals surface area contributed by atoms with Crippen molar-refractivity contribution in [3.8, 4) is 11.5 Å². The van der Waals surface area contributed by atoms with Crippen molar-refractivity contribution in [2.24, 2.45) is 0 Å². The molecule has 0 aliphatic carbocycles. The average Bonchev–Trinajstić information content (AvgIpc) is 2.68. The lowest BCUT2D eigenvalue weighted by Gasteiger charge is -2.13. The number of hydrogen-bond donors (Lipinski definition) is 2. The molecule has 3 aromatic carbocycles. The number of rotatable bonds is 8. The van der Waals surface area contributed by atoms with E-state index in [4.69, 9.17) is 9.47 Å². The maximum absolute atomic E-state index is 5.90. The van der Waals surface area contributed by atoms with Gasteiger partial charge >= 0.3 is 0 Å². The summed E-state index contributed by atoms with van der Waals surface area (Å²) in [6.07, 6.45) is 0. The summed E-state index contributed by atoms with van der Waals surface area (Å²) < 4.78 is 11.4. The fourth-order valence-corrected chi connectivity index (χ4v) is 2.62. The predicted molar refractivity (Wildman–Crippen MR) is 105 cm³/mol. The molecule has 4 heteroatoms. The zero-order valence-corrected chi connectivity index (χ0v) is 15.2. The fourth-order valence-electron chi connectivity index (χ4n) is 2.62. The van der Waals surface area contributed by atoms with E-state index >= 15 is 0 Å². The molecule has 0 unspecified atom stereocenters. The Balaban J connectivity index is 1.61. The molecule has 0 aliphatic heterocycles. The standard InChI is InChI=1S/C22H24N2O2/c1-17-8-11-21(12-9-17)26-16-19-14-18(10-13-22(19)25-2)15-23-24-20-6-4-3-5-7-20/h3-14,23-24H,15-16H2,1-2H3. The van der Waals surface area contributed by atoms with E-state index in [1.165, 1.54) is 5.56 Å². The molecule has 0 fully saturated rings. The van der Waals surface area contributed by atoms with Crippen molar-refractivity contribution in [3.63, 3.8) is 0 Å². The molecule has 26 heavy (non-hydrogen) atoms. The Morgan fingerprint density at radius 1 is 0.885 bits per heavy atom. The second-order valence-corrected chi connectivity index (χ2v) is 6.09. The molecule has 0 radical (unpaired) electrons. The van der Waals surface area contributed by atoms with Crippen molar-refractivity contribution in [1.82, 2.24) is 5.43 Å². The first-order chi connectivity index (χ1) is 12.7. The first-order valence-corrected chi connectivity index (χ1v) is 8.64. The maximum atomic E-state index is 5.90. The van der Waals surface area contributed by atoms with Crippen LogP contribution in [0.4, 0.5) is 5.69 Å². The van der Waals surface area contributed by atoms with Crippen molar-refractivity contribution in [2.75, 3.05) is 12.5 Å². The summed E-state index contributed by atoms with van der Waals surface area (Å²) >= 11 is 0. The van der Waals surface area contributed by atoms with Crippen LogP contribution >= 0.6 is 0 Å². The highest BCUT2D eigenvalue weighted by Gasteiger charge is 2.06. The molecule has 0 aromatic heterocycles.